The molecule has 1 fully saturated rings. The number of rotatable bonds is 11. The van der Waals surface area contributed by atoms with E-state index in [9.17, 15) is 15.0 Å². The van der Waals surface area contributed by atoms with Crippen LogP contribution in [0.3, 0.4) is 0 Å². The van der Waals surface area contributed by atoms with Crippen LogP contribution in [0.5, 0.6) is 5.75 Å². The van der Waals surface area contributed by atoms with Crippen LogP contribution in [0.4, 0.5) is 4.79 Å². The fourth-order valence-corrected chi connectivity index (χ4v) is 6.36. The number of aliphatic hydroxyl groups excluding tert-OH is 1. The van der Waals surface area contributed by atoms with Crippen molar-refractivity contribution in [3.8, 4) is 11.4 Å². The summed E-state index contributed by atoms with van der Waals surface area (Å²) in [6.45, 7) is 2.90. The molecule has 1 saturated heterocycles. The maximum atomic E-state index is 12.3. The molecule has 47 heavy (non-hydrogen) atoms. The zero-order valence-corrected chi connectivity index (χ0v) is 26.6. The summed E-state index contributed by atoms with van der Waals surface area (Å²) < 4.78 is 14.8. The Kier molecular flexibility index (Phi) is 10.4. The summed E-state index contributed by atoms with van der Waals surface area (Å²) in [7, 11) is 0. The van der Waals surface area contributed by atoms with Gasteiger partial charge in [0.15, 0.2) is 6.29 Å². The van der Waals surface area contributed by atoms with E-state index in [2.05, 4.69) is 33.1 Å². The van der Waals surface area contributed by atoms with Crippen molar-refractivity contribution >= 4 is 17.8 Å². The average Bonchev–Trinajstić information content (AvgIpc) is 3.59. The third kappa shape index (κ3) is 8.16. The maximum absolute atomic E-state index is 12.3. The van der Waals surface area contributed by atoms with Crippen LogP contribution >= 0.6 is 11.8 Å². The van der Waals surface area contributed by atoms with E-state index in [4.69, 9.17) is 9.47 Å². The first-order chi connectivity index (χ1) is 23.0. The fraction of sp³-hybridized carbons (Fsp3) is 0.257. The molecule has 0 spiro atoms. The number of hydrogen-bond acceptors (Lipinski definition) is 9. The summed E-state index contributed by atoms with van der Waals surface area (Å²) in [5, 5.41) is 37.8. The second kappa shape index (κ2) is 15.2. The average molecular weight is 653 g/mol. The van der Waals surface area contributed by atoms with Crippen molar-refractivity contribution in [1.82, 2.24) is 30.8 Å². The molecule has 0 unspecified atom stereocenters. The van der Waals surface area contributed by atoms with Crippen molar-refractivity contribution in [3.63, 3.8) is 0 Å². The monoisotopic (exact) mass is 652 g/mol. The van der Waals surface area contributed by atoms with Gasteiger partial charge >= 0.3 is 6.03 Å². The first-order valence-electron chi connectivity index (χ1n) is 15.3. The minimum Gasteiger partial charge on any atom is -0.508 e. The Morgan fingerprint density at radius 3 is 2.15 bits per heavy atom. The third-order valence-electron chi connectivity index (χ3n) is 8.04. The Labute approximate surface area is 276 Å². The predicted molar refractivity (Wildman–Crippen MR) is 176 cm³/mol. The third-order valence-corrected chi connectivity index (χ3v) is 9.04. The van der Waals surface area contributed by atoms with Crippen LogP contribution < -0.4 is 10.6 Å². The van der Waals surface area contributed by atoms with Gasteiger partial charge in [0.2, 0.25) is 5.16 Å². The lowest BCUT2D eigenvalue weighted by atomic mass is 9.91. The molecule has 1 aliphatic rings. The number of nitrogens with one attached hydrogen (secondary N) is 2. The van der Waals surface area contributed by atoms with Gasteiger partial charge in [-0.25, -0.2) is 4.79 Å². The van der Waals surface area contributed by atoms with Gasteiger partial charge in [-0.3, -0.25) is 0 Å². The van der Waals surface area contributed by atoms with Crippen LogP contribution in [0.1, 0.15) is 47.1 Å². The van der Waals surface area contributed by atoms with Gasteiger partial charge in [0.1, 0.15) is 5.75 Å². The van der Waals surface area contributed by atoms with Gasteiger partial charge in [0, 0.05) is 30.3 Å². The van der Waals surface area contributed by atoms with Crippen LogP contribution in [0.2, 0.25) is 0 Å². The molecule has 0 saturated carbocycles. The number of ether oxygens (including phenoxy) is 2. The molecule has 242 valence electrons. The van der Waals surface area contributed by atoms with E-state index < -0.39 is 6.29 Å². The lowest BCUT2D eigenvalue weighted by Gasteiger charge is -2.41. The van der Waals surface area contributed by atoms with E-state index in [-0.39, 0.29) is 36.5 Å². The normalized spacial score (nSPS) is 19.3. The molecule has 4 aromatic carbocycles. The van der Waals surface area contributed by atoms with E-state index in [1.54, 1.807) is 28.9 Å². The van der Waals surface area contributed by atoms with Crippen molar-refractivity contribution in [2.45, 2.75) is 50.3 Å². The van der Waals surface area contributed by atoms with Crippen LogP contribution in [-0.4, -0.2) is 48.3 Å². The number of urea groups is 1. The van der Waals surface area contributed by atoms with Gasteiger partial charge in [-0.05, 0) is 56.9 Å². The topological polar surface area (TPSA) is 144 Å². The van der Waals surface area contributed by atoms with E-state index in [0.29, 0.717) is 24.0 Å². The van der Waals surface area contributed by atoms with Crippen LogP contribution in [0, 0.1) is 5.92 Å². The highest BCUT2D eigenvalue weighted by molar-refractivity contribution is 7.99. The molecule has 1 aliphatic heterocycles. The van der Waals surface area contributed by atoms with Gasteiger partial charge in [0.25, 0.3) is 0 Å². The SMILES string of the molecule is C[C@H]1[C@@H](CSc2nnnn2-c2ccc(O)cc2)O[C@@H](c2ccc(CNC(=O)NCc3ccccc3)cc2)O[C@H]1c1ccc(CO)cc1. The summed E-state index contributed by atoms with van der Waals surface area (Å²) in [5.41, 5.74) is 5.39. The molecule has 0 radical (unpaired) electrons. The van der Waals surface area contributed by atoms with Gasteiger partial charge in [-0.2, -0.15) is 4.68 Å². The molecule has 6 rings (SSSR count). The highest BCUT2D eigenvalue weighted by Gasteiger charge is 2.38. The standard InChI is InChI=1S/C35H36N6O5S/c1-23-31(22-47-35-38-39-40-41(35)29-15-17-30(43)18-16-29)45-33(46-32(23)27-11-9-26(21-42)10-12-27)28-13-7-25(8-14-28)20-37-34(44)36-19-24-5-3-2-4-6-24/h2-18,23,31-33,42-43H,19-22H2,1H3,(H2,36,37,44)/t23-,31+,32+,33+/m0/s1. The van der Waals surface area contributed by atoms with Crippen molar-refractivity contribution < 1.29 is 24.5 Å². The summed E-state index contributed by atoms with van der Waals surface area (Å²) in [4.78, 5) is 12.3. The number of aliphatic hydroxyl groups is 1. The van der Waals surface area contributed by atoms with Crippen molar-refractivity contribution in [1.29, 1.82) is 0 Å². The number of tetrazole rings is 1. The molecule has 0 aliphatic carbocycles. The summed E-state index contributed by atoms with van der Waals surface area (Å²) in [5.74, 6) is 0.706. The molecule has 0 bridgehead atoms. The molecule has 2 heterocycles. The fourth-order valence-electron chi connectivity index (χ4n) is 5.31. The number of benzene rings is 4. The van der Waals surface area contributed by atoms with Crippen molar-refractivity contribution in [2.24, 2.45) is 5.92 Å². The number of carbonyl (C=O) groups excluding carboxylic acids is 1. The Balaban J connectivity index is 1.14. The smallest absolute Gasteiger partial charge is 0.315 e. The van der Waals surface area contributed by atoms with E-state index in [1.807, 2.05) is 78.9 Å². The predicted octanol–water partition coefficient (Wildman–Crippen LogP) is 5.44. The quantitative estimate of drug-likeness (QED) is 0.137. The number of carbonyl (C=O) groups is 1. The first kappa shape index (κ1) is 32.2. The molecule has 12 heteroatoms. The minimum atomic E-state index is -0.636. The maximum Gasteiger partial charge on any atom is 0.315 e. The molecule has 4 N–H and O–H groups in total. The summed E-state index contributed by atoms with van der Waals surface area (Å²) >= 11 is 1.48. The van der Waals surface area contributed by atoms with Gasteiger partial charge in [-0.1, -0.05) is 97.5 Å². The molecule has 4 atom stereocenters. The molecule has 1 aromatic heterocycles. The molecular formula is C35H36N6O5S. The largest absolute Gasteiger partial charge is 0.508 e. The van der Waals surface area contributed by atoms with Gasteiger partial charge in [0.05, 0.1) is 24.5 Å². The number of nitrogens with zero attached hydrogens (tertiary/aromatic N) is 4. The number of thioether (sulfide) groups is 1. The molecule has 5 aromatic rings. The second-order valence-corrected chi connectivity index (χ2v) is 12.3. The lowest BCUT2D eigenvalue weighted by Crippen LogP contribution is -2.38. The van der Waals surface area contributed by atoms with E-state index >= 15 is 0 Å². The van der Waals surface area contributed by atoms with Crippen molar-refractivity contribution in [2.75, 3.05) is 5.75 Å². The van der Waals surface area contributed by atoms with Gasteiger partial charge in [-0.15, -0.1) is 5.10 Å². The number of aromatic hydroxyl groups is 1. The number of phenolic OH excluding ortho intramolecular Hbond substituents is 1. The van der Waals surface area contributed by atoms with E-state index in [0.717, 1.165) is 33.5 Å². The zero-order valence-electron chi connectivity index (χ0n) is 25.8. The van der Waals surface area contributed by atoms with Gasteiger partial charge < -0.3 is 30.3 Å². The number of aromatic nitrogens is 4. The Morgan fingerprint density at radius 2 is 1.47 bits per heavy atom. The number of hydrogen-bond donors (Lipinski definition) is 4. The first-order valence-corrected chi connectivity index (χ1v) is 16.3. The highest BCUT2D eigenvalue weighted by atomic mass is 32.2. The van der Waals surface area contributed by atoms with Crippen LogP contribution in [0.25, 0.3) is 5.69 Å². The molecule has 11 nitrogen and oxygen atoms in total. The Morgan fingerprint density at radius 1 is 0.830 bits per heavy atom. The van der Waals surface area contributed by atoms with E-state index in [1.165, 1.54) is 11.8 Å². The second-order valence-electron chi connectivity index (χ2n) is 11.3. The van der Waals surface area contributed by atoms with Crippen LogP contribution in [0.15, 0.2) is 108 Å². The molecule has 2 amide bonds. The number of amides is 2. The lowest BCUT2D eigenvalue weighted by molar-refractivity contribution is -0.268. The van der Waals surface area contributed by atoms with Crippen molar-refractivity contribution in [3.05, 3.63) is 131 Å². The Hall–Kier alpha value is -4.75. The molecular weight excluding hydrogens is 616 g/mol. The minimum absolute atomic E-state index is 0.0189. The zero-order chi connectivity index (χ0) is 32.6. The summed E-state index contributed by atoms with van der Waals surface area (Å²) in [6, 6.07) is 31.8. The Bertz CT molecular complexity index is 1740. The highest BCUT2D eigenvalue weighted by Crippen LogP contribution is 2.43. The number of phenols is 1. The summed E-state index contributed by atoms with van der Waals surface area (Å²) in [6.07, 6.45) is -1.13. The van der Waals surface area contributed by atoms with Crippen LogP contribution in [-0.2, 0) is 29.2 Å².